The second-order valence-corrected chi connectivity index (χ2v) is 6.83. The Labute approximate surface area is 124 Å². The van der Waals surface area contributed by atoms with E-state index in [4.69, 9.17) is 4.98 Å². The molecular formula is C17H31N3. The van der Waals surface area contributed by atoms with Crippen LogP contribution in [0.15, 0.2) is 12.3 Å². The van der Waals surface area contributed by atoms with E-state index in [-0.39, 0.29) is 0 Å². The molecule has 1 rings (SSSR count). The molecule has 0 fully saturated rings. The highest BCUT2D eigenvalue weighted by Crippen LogP contribution is 2.23. The zero-order valence-electron chi connectivity index (χ0n) is 14.1. The van der Waals surface area contributed by atoms with Gasteiger partial charge in [-0.1, -0.05) is 41.0 Å². The van der Waals surface area contributed by atoms with Crippen LogP contribution in [0.2, 0.25) is 0 Å². The van der Waals surface area contributed by atoms with Gasteiger partial charge in [-0.25, -0.2) is 9.97 Å². The Morgan fingerprint density at radius 1 is 1.25 bits per heavy atom. The molecule has 1 unspecified atom stereocenters. The van der Waals surface area contributed by atoms with E-state index < -0.39 is 0 Å². The van der Waals surface area contributed by atoms with Gasteiger partial charge in [0.15, 0.2) is 0 Å². The molecule has 3 nitrogen and oxygen atoms in total. The quantitative estimate of drug-likeness (QED) is 0.736. The summed E-state index contributed by atoms with van der Waals surface area (Å²) in [6.07, 6.45) is 6.37. The highest BCUT2D eigenvalue weighted by Gasteiger charge is 2.19. The van der Waals surface area contributed by atoms with Gasteiger partial charge >= 0.3 is 0 Å². The zero-order valence-corrected chi connectivity index (χ0v) is 14.1. The normalized spacial score (nSPS) is 13.3. The second kappa shape index (κ2) is 7.61. The van der Waals surface area contributed by atoms with Gasteiger partial charge in [-0.3, -0.25) is 0 Å². The summed E-state index contributed by atoms with van der Waals surface area (Å²) >= 11 is 0. The lowest BCUT2D eigenvalue weighted by Gasteiger charge is -2.33. The Hall–Kier alpha value is -1.12. The third-order valence-corrected chi connectivity index (χ3v) is 3.64. The third kappa shape index (κ3) is 5.48. The maximum absolute atomic E-state index is 4.71. The van der Waals surface area contributed by atoms with Crippen LogP contribution in [0.4, 0.5) is 5.82 Å². The van der Waals surface area contributed by atoms with Crippen LogP contribution in [0.25, 0.3) is 0 Å². The van der Waals surface area contributed by atoms with Crippen molar-refractivity contribution in [3.63, 3.8) is 0 Å². The molecule has 114 valence electrons. The summed E-state index contributed by atoms with van der Waals surface area (Å²) in [4.78, 5) is 11.5. The lowest BCUT2D eigenvalue weighted by molar-refractivity contribution is 0.370. The van der Waals surface area contributed by atoms with Gasteiger partial charge in [0.05, 0.1) is 0 Å². The molecule has 0 aliphatic heterocycles. The van der Waals surface area contributed by atoms with Crippen LogP contribution < -0.4 is 4.90 Å². The Balaban J connectivity index is 2.90. The van der Waals surface area contributed by atoms with Crippen molar-refractivity contribution >= 4 is 5.82 Å². The number of anilines is 1. The molecule has 0 bridgehead atoms. The fourth-order valence-corrected chi connectivity index (χ4v) is 2.31. The molecule has 1 aromatic rings. The number of aromatic nitrogens is 2. The molecule has 20 heavy (non-hydrogen) atoms. The average Bonchev–Trinajstić information content (AvgIpc) is 2.38. The van der Waals surface area contributed by atoms with E-state index in [1.54, 1.807) is 0 Å². The van der Waals surface area contributed by atoms with Crippen molar-refractivity contribution < 1.29 is 0 Å². The lowest BCUT2D eigenvalue weighted by atomic mass is 9.92. The molecule has 0 saturated heterocycles. The Kier molecular flexibility index (Phi) is 6.44. The van der Waals surface area contributed by atoms with Crippen LogP contribution >= 0.6 is 0 Å². The van der Waals surface area contributed by atoms with E-state index >= 15 is 0 Å². The molecule has 0 aromatic carbocycles. The molecule has 0 aliphatic rings. The number of rotatable bonds is 7. The summed E-state index contributed by atoms with van der Waals surface area (Å²) < 4.78 is 0. The summed E-state index contributed by atoms with van der Waals surface area (Å²) in [6, 6.07) is 2.58. The maximum atomic E-state index is 4.71. The number of hydrogen-bond acceptors (Lipinski definition) is 3. The molecular weight excluding hydrogens is 246 g/mol. The summed E-state index contributed by atoms with van der Waals surface area (Å²) in [5.74, 6) is 2.02. The van der Waals surface area contributed by atoms with Crippen LogP contribution in [-0.4, -0.2) is 22.6 Å². The van der Waals surface area contributed by atoms with E-state index in [2.05, 4.69) is 51.4 Å². The third-order valence-electron chi connectivity index (χ3n) is 3.64. The standard InChI is InChI=1S/C17H31N3/c1-7-9-14(3)20(13-11-17(4,5)6)16-10-12-18-15(8-2)19-16/h10,12,14H,7-9,11,13H2,1-6H3. The minimum Gasteiger partial charge on any atom is -0.354 e. The van der Waals surface area contributed by atoms with Gasteiger partial charge in [0.1, 0.15) is 11.6 Å². The van der Waals surface area contributed by atoms with E-state index in [1.807, 2.05) is 12.3 Å². The van der Waals surface area contributed by atoms with Crippen molar-refractivity contribution in [3.05, 3.63) is 18.1 Å². The van der Waals surface area contributed by atoms with Crippen LogP contribution in [0, 0.1) is 5.41 Å². The topological polar surface area (TPSA) is 29.0 Å². The molecule has 0 amide bonds. The first-order valence-corrected chi connectivity index (χ1v) is 7.96. The summed E-state index contributed by atoms with van der Waals surface area (Å²) in [5, 5.41) is 0. The van der Waals surface area contributed by atoms with Gasteiger partial charge in [0.2, 0.25) is 0 Å². The van der Waals surface area contributed by atoms with Crippen molar-refractivity contribution in [2.24, 2.45) is 5.41 Å². The van der Waals surface area contributed by atoms with Crippen LogP contribution in [0.3, 0.4) is 0 Å². The van der Waals surface area contributed by atoms with E-state index in [0.29, 0.717) is 11.5 Å². The summed E-state index contributed by atoms with van der Waals surface area (Å²) in [6.45, 7) is 14.6. The van der Waals surface area contributed by atoms with Gasteiger partial charge in [0, 0.05) is 25.2 Å². The van der Waals surface area contributed by atoms with E-state index in [0.717, 1.165) is 24.6 Å². The smallest absolute Gasteiger partial charge is 0.132 e. The van der Waals surface area contributed by atoms with Crippen molar-refractivity contribution in [1.82, 2.24) is 9.97 Å². The fourth-order valence-electron chi connectivity index (χ4n) is 2.31. The van der Waals surface area contributed by atoms with Gasteiger partial charge in [0.25, 0.3) is 0 Å². The highest BCUT2D eigenvalue weighted by atomic mass is 15.2. The van der Waals surface area contributed by atoms with Crippen LogP contribution in [-0.2, 0) is 6.42 Å². The second-order valence-electron chi connectivity index (χ2n) is 6.83. The first kappa shape index (κ1) is 16.9. The van der Waals surface area contributed by atoms with Crippen molar-refractivity contribution in [2.75, 3.05) is 11.4 Å². The van der Waals surface area contributed by atoms with Gasteiger partial charge in [-0.05, 0) is 31.2 Å². The van der Waals surface area contributed by atoms with Gasteiger partial charge in [-0.15, -0.1) is 0 Å². The molecule has 3 heteroatoms. The predicted molar refractivity (Wildman–Crippen MR) is 87.2 cm³/mol. The highest BCUT2D eigenvalue weighted by molar-refractivity contribution is 5.38. The zero-order chi connectivity index (χ0) is 15.2. The molecule has 0 N–H and O–H groups in total. The average molecular weight is 277 g/mol. The molecule has 0 aliphatic carbocycles. The van der Waals surface area contributed by atoms with Crippen molar-refractivity contribution in [2.45, 2.75) is 73.3 Å². The first-order valence-electron chi connectivity index (χ1n) is 7.96. The maximum Gasteiger partial charge on any atom is 0.132 e. The predicted octanol–water partition coefficient (Wildman–Crippen LogP) is 4.47. The minimum absolute atomic E-state index is 0.352. The molecule has 1 heterocycles. The van der Waals surface area contributed by atoms with E-state index in [9.17, 15) is 0 Å². The van der Waals surface area contributed by atoms with Gasteiger partial charge in [-0.2, -0.15) is 0 Å². The fraction of sp³-hybridized carbons (Fsp3) is 0.765. The number of nitrogens with zero attached hydrogens (tertiary/aromatic N) is 3. The van der Waals surface area contributed by atoms with Crippen molar-refractivity contribution in [3.8, 4) is 0 Å². The molecule has 0 radical (unpaired) electrons. The Bertz CT molecular complexity index is 395. The monoisotopic (exact) mass is 277 g/mol. The molecule has 1 atom stereocenters. The SMILES string of the molecule is CCCC(C)N(CCC(C)(C)C)c1ccnc(CC)n1. The lowest BCUT2D eigenvalue weighted by Crippen LogP contribution is -2.36. The molecule has 0 spiro atoms. The molecule has 1 aromatic heterocycles. The van der Waals surface area contributed by atoms with Crippen LogP contribution in [0.1, 0.15) is 66.6 Å². The molecule has 0 saturated carbocycles. The van der Waals surface area contributed by atoms with Crippen molar-refractivity contribution in [1.29, 1.82) is 0 Å². The number of hydrogen-bond donors (Lipinski definition) is 0. The summed E-state index contributed by atoms with van der Waals surface area (Å²) in [7, 11) is 0. The van der Waals surface area contributed by atoms with Gasteiger partial charge < -0.3 is 4.90 Å². The van der Waals surface area contributed by atoms with E-state index in [1.165, 1.54) is 19.3 Å². The minimum atomic E-state index is 0.352. The number of aryl methyl sites for hydroxylation is 1. The van der Waals surface area contributed by atoms with Crippen LogP contribution in [0.5, 0.6) is 0 Å². The Morgan fingerprint density at radius 3 is 2.50 bits per heavy atom. The largest absolute Gasteiger partial charge is 0.354 e. The Morgan fingerprint density at radius 2 is 1.95 bits per heavy atom. The summed E-state index contributed by atoms with van der Waals surface area (Å²) in [5.41, 5.74) is 0.352. The first-order chi connectivity index (χ1) is 9.37.